The van der Waals surface area contributed by atoms with Crippen LogP contribution in [-0.4, -0.2) is 9.38 Å². The predicted molar refractivity (Wildman–Crippen MR) is 105 cm³/mol. The van der Waals surface area contributed by atoms with Crippen molar-refractivity contribution in [3.63, 3.8) is 0 Å². The summed E-state index contributed by atoms with van der Waals surface area (Å²) < 4.78 is 40.6. The molecule has 138 valence electrons. The Morgan fingerprint density at radius 1 is 0.750 bits per heavy atom. The molecule has 0 bridgehead atoms. The van der Waals surface area contributed by atoms with Gasteiger partial charge in [-0.15, -0.1) is 0 Å². The number of benzene rings is 3. The summed E-state index contributed by atoms with van der Waals surface area (Å²) in [6.45, 7) is 1.98. The number of aromatic nitrogens is 2. The molecule has 5 rings (SSSR count). The van der Waals surface area contributed by atoms with Gasteiger partial charge in [-0.1, -0.05) is 30.3 Å². The van der Waals surface area contributed by atoms with Gasteiger partial charge in [0.1, 0.15) is 0 Å². The van der Waals surface area contributed by atoms with E-state index in [0.717, 1.165) is 56.4 Å². The Kier molecular flexibility index (Phi) is 3.50. The number of rotatable bonds is 1. The Bertz CT molecular complexity index is 1350. The van der Waals surface area contributed by atoms with Gasteiger partial charge in [0.15, 0.2) is 0 Å². The van der Waals surface area contributed by atoms with E-state index >= 15 is 0 Å². The van der Waals surface area contributed by atoms with E-state index in [2.05, 4.69) is 15.5 Å². The number of hydrogen-bond donors (Lipinski definition) is 0. The molecule has 0 N–H and O–H groups in total. The molecular weight excluding hydrogens is 361 g/mol. The highest BCUT2D eigenvalue weighted by Crippen LogP contribution is 2.33. The maximum Gasteiger partial charge on any atom is 0.416 e. The fourth-order valence-corrected chi connectivity index (χ4v) is 3.76. The van der Waals surface area contributed by atoms with E-state index in [4.69, 9.17) is 0 Å². The highest BCUT2D eigenvalue weighted by Gasteiger charge is 2.29. The van der Waals surface area contributed by atoms with Crippen LogP contribution in [0.4, 0.5) is 13.2 Å². The predicted octanol–water partition coefficient (Wildman–Crippen LogP) is 6.63. The highest BCUT2D eigenvalue weighted by atomic mass is 19.4. The van der Waals surface area contributed by atoms with E-state index in [1.54, 1.807) is 0 Å². The van der Waals surface area contributed by atoms with Crippen LogP contribution in [0.1, 0.15) is 11.3 Å². The average Bonchev–Trinajstić information content (AvgIpc) is 3.07. The molecule has 0 radical (unpaired) electrons. The van der Waals surface area contributed by atoms with E-state index < -0.39 is 11.7 Å². The lowest BCUT2D eigenvalue weighted by Gasteiger charge is -2.08. The molecule has 0 saturated heterocycles. The molecule has 2 nitrogen and oxygen atoms in total. The molecule has 2 aromatic heterocycles. The molecule has 3 aromatic carbocycles. The summed E-state index contributed by atoms with van der Waals surface area (Å²) in [6, 6.07) is 21.3. The van der Waals surface area contributed by atoms with Gasteiger partial charge in [-0.3, -0.25) is 0 Å². The maximum atomic E-state index is 12.8. The smallest absolute Gasteiger partial charge is 0.306 e. The van der Waals surface area contributed by atoms with Gasteiger partial charge in [0.2, 0.25) is 0 Å². The Balaban J connectivity index is 1.71. The molecule has 5 aromatic rings. The van der Waals surface area contributed by atoms with Crippen molar-refractivity contribution in [2.75, 3.05) is 0 Å². The van der Waals surface area contributed by atoms with Gasteiger partial charge in [-0.2, -0.15) is 13.2 Å². The zero-order valence-electron chi connectivity index (χ0n) is 15.0. The minimum Gasteiger partial charge on any atom is -0.306 e. The Morgan fingerprint density at radius 2 is 1.46 bits per heavy atom. The lowest BCUT2D eigenvalue weighted by atomic mass is 10.0. The van der Waals surface area contributed by atoms with Gasteiger partial charge >= 0.3 is 6.18 Å². The number of halogens is 3. The van der Waals surface area contributed by atoms with E-state index in [1.165, 1.54) is 12.1 Å². The second kappa shape index (κ2) is 5.83. The Hall–Kier alpha value is -3.34. The molecule has 0 unspecified atom stereocenters. The lowest BCUT2D eigenvalue weighted by Crippen LogP contribution is -2.03. The van der Waals surface area contributed by atoms with Gasteiger partial charge in [0.25, 0.3) is 0 Å². The van der Waals surface area contributed by atoms with Crippen LogP contribution in [0.25, 0.3) is 38.6 Å². The van der Waals surface area contributed by atoms with Crippen molar-refractivity contribution in [1.29, 1.82) is 0 Å². The monoisotopic (exact) mass is 376 g/mol. The number of aryl methyl sites for hydroxylation is 1. The summed E-state index contributed by atoms with van der Waals surface area (Å²) >= 11 is 0. The third-order valence-corrected chi connectivity index (χ3v) is 5.13. The number of alkyl halides is 3. The van der Waals surface area contributed by atoms with E-state index in [1.807, 2.05) is 49.4 Å². The molecule has 0 aliphatic rings. The van der Waals surface area contributed by atoms with Crippen molar-refractivity contribution in [3.8, 4) is 11.1 Å². The maximum absolute atomic E-state index is 12.8. The van der Waals surface area contributed by atoms with E-state index in [-0.39, 0.29) is 0 Å². The molecule has 0 aliphatic heterocycles. The fraction of sp³-hybridized carbons (Fsp3) is 0.0870. The van der Waals surface area contributed by atoms with E-state index in [9.17, 15) is 13.2 Å². The molecule has 0 aliphatic carbocycles. The first kappa shape index (κ1) is 16.8. The van der Waals surface area contributed by atoms with Gasteiger partial charge < -0.3 is 4.40 Å². The summed E-state index contributed by atoms with van der Waals surface area (Å²) in [5, 5.41) is 1.03. The largest absolute Gasteiger partial charge is 0.416 e. The van der Waals surface area contributed by atoms with Crippen molar-refractivity contribution in [1.82, 2.24) is 9.38 Å². The van der Waals surface area contributed by atoms with Crippen LogP contribution in [0.5, 0.6) is 0 Å². The van der Waals surface area contributed by atoms with Gasteiger partial charge in [-0.05, 0) is 60.5 Å². The first-order chi connectivity index (χ1) is 13.4. The molecule has 5 heteroatoms. The molecular formula is C23H15F3N2. The zero-order chi connectivity index (χ0) is 19.5. The Morgan fingerprint density at radius 3 is 2.21 bits per heavy atom. The van der Waals surface area contributed by atoms with Crippen LogP contribution >= 0.6 is 0 Å². The van der Waals surface area contributed by atoms with Gasteiger partial charge in [0, 0.05) is 5.39 Å². The summed E-state index contributed by atoms with van der Waals surface area (Å²) in [4.78, 5) is 4.68. The van der Waals surface area contributed by atoms with Crippen LogP contribution in [0.2, 0.25) is 0 Å². The molecule has 0 atom stereocenters. The third-order valence-electron chi connectivity index (χ3n) is 5.13. The topological polar surface area (TPSA) is 17.3 Å². The van der Waals surface area contributed by atoms with Crippen molar-refractivity contribution in [3.05, 3.63) is 84.1 Å². The number of para-hydroxylation sites is 2. The van der Waals surface area contributed by atoms with Gasteiger partial charge in [0.05, 0.1) is 33.3 Å². The first-order valence-corrected chi connectivity index (χ1v) is 8.90. The quantitative estimate of drug-likeness (QED) is 0.321. The number of hydrogen-bond acceptors (Lipinski definition) is 1. The second-order valence-electron chi connectivity index (χ2n) is 6.90. The zero-order valence-corrected chi connectivity index (χ0v) is 15.0. The normalized spacial score (nSPS) is 12.3. The summed E-state index contributed by atoms with van der Waals surface area (Å²) in [5.41, 5.74) is 5.96. The van der Waals surface area contributed by atoms with E-state index in [0.29, 0.717) is 0 Å². The second-order valence-corrected chi connectivity index (χ2v) is 6.90. The number of fused-ring (bicyclic) bond motifs is 5. The molecule has 0 spiro atoms. The fourth-order valence-electron chi connectivity index (χ4n) is 3.76. The Labute approximate surface area is 158 Å². The van der Waals surface area contributed by atoms with Crippen molar-refractivity contribution < 1.29 is 13.2 Å². The molecule has 0 saturated carbocycles. The summed E-state index contributed by atoms with van der Waals surface area (Å²) in [5.74, 6) is 0. The molecule has 0 amide bonds. The highest BCUT2D eigenvalue weighted by molar-refractivity contribution is 5.96. The van der Waals surface area contributed by atoms with Crippen LogP contribution in [0, 0.1) is 6.92 Å². The SMILES string of the molecule is Cc1nc2ccccc2n2c1cc1cc(-c3ccc(C(F)(F)F)cc3)ccc12. The van der Waals surface area contributed by atoms with Crippen LogP contribution in [-0.2, 0) is 6.18 Å². The molecule has 0 fully saturated rings. The minimum atomic E-state index is -4.33. The minimum absolute atomic E-state index is 0.639. The van der Waals surface area contributed by atoms with Crippen LogP contribution < -0.4 is 0 Å². The molecule has 2 heterocycles. The first-order valence-electron chi connectivity index (χ1n) is 8.90. The van der Waals surface area contributed by atoms with Gasteiger partial charge in [-0.25, -0.2) is 4.98 Å². The van der Waals surface area contributed by atoms with Crippen LogP contribution in [0.15, 0.2) is 72.8 Å². The van der Waals surface area contributed by atoms with Crippen LogP contribution in [0.3, 0.4) is 0 Å². The molecule has 28 heavy (non-hydrogen) atoms. The standard InChI is InChI=1S/C23H15F3N2/c1-14-22-13-17-12-16(15-6-9-18(10-7-15)23(24,25)26)8-11-20(17)28(22)21-5-3-2-4-19(21)27-14/h2-13H,1H3. The average molecular weight is 376 g/mol. The van der Waals surface area contributed by atoms with Crippen molar-refractivity contribution in [2.24, 2.45) is 0 Å². The summed E-state index contributed by atoms with van der Waals surface area (Å²) in [6.07, 6.45) is -4.33. The lowest BCUT2D eigenvalue weighted by molar-refractivity contribution is -0.137. The summed E-state index contributed by atoms with van der Waals surface area (Å²) in [7, 11) is 0. The van der Waals surface area contributed by atoms with Crippen molar-refractivity contribution >= 4 is 27.5 Å². The third kappa shape index (κ3) is 2.54. The van der Waals surface area contributed by atoms with Crippen molar-refractivity contribution in [2.45, 2.75) is 13.1 Å². The number of nitrogens with zero attached hydrogens (tertiary/aromatic N) is 2.